The molecule has 174 valence electrons. The van der Waals surface area contributed by atoms with Crippen LogP contribution in [-0.4, -0.2) is 22.6 Å². The third-order valence-electron chi connectivity index (χ3n) is 5.57. The van der Waals surface area contributed by atoms with Gasteiger partial charge in [0, 0.05) is 11.3 Å². The molecule has 7 heteroatoms. The molecule has 0 unspecified atom stereocenters. The lowest BCUT2D eigenvalue weighted by Crippen LogP contribution is -2.37. The van der Waals surface area contributed by atoms with Gasteiger partial charge in [-0.25, -0.2) is 4.98 Å². The van der Waals surface area contributed by atoms with E-state index in [9.17, 15) is 4.79 Å². The average Bonchev–Trinajstić information content (AvgIpc) is 3.23. The molecule has 0 saturated heterocycles. The summed E-state index contributed by atoms with van der Waals surface area (Å²) in [6.07, 6.45) is 0. The van der Waals surface area contributed by atoms with E-state index in [0.717, 1.165) is 5.56 Å². The van der Waals surface area contributed by atoms with Crippen LogP contribution in [0.5, 0.6) is 5.75 Å². The number of oxazole rings is 1. The number of nitrogens with zero attached hydrogens (tertiary/aromatic N) is 1. The maximum atomic E-state index is 12.2. The number of thiocarbonyl (C=S) groups is 1. The minimum Gasteiger partial charge on any atom is -0.484 e. The summed E-state index contributed by atoms with van der Waals surface area (Å²) < 4.78 is 11.5. The van der Waals surface area contributed by atoms with Crippen LogP contribution in [0.3, 0.4) is 0 Å². The minimum absolute atomic E-state index is 0.134. The SMILES string of the molecule is Cc1ccc(-c2nc3cc(NC(=S)NC(=O)COc4ccc(C(C)C)cc4)ccc3o2)cc1C. The summed E-state index contributed by atoms with van der Waals surface area (Å²) in [7, 11) is 0. The van der Waals surface area contributed by atoms with E-state index in [1.807, 2.05) is 48.5 Å². The first-order chi connectivity index (χ1) is 16.3. The molecule has 0 aliphatic carbocycles. The summed E-state index contributed by atoms with van der Waals surface area (Å²) >= 11 is 5.28. The summed E-state index contributed by atoms with van der Waals surface area (Å²) in [4.78, 5) is 16.8. The van der Waals surface area contributed by atoms with Crippen molar-refractivity contribution < 1.29 is 13.9 Å². The lowest BCUT2D eigenvalue weighted by Gasteiger charge is -2.11. The molecule has 0 fully saturated rings. The van der Waals surface area contributed by atoms with Crippen LogP contribution in [0.4, 0.5) is 5.69 Å². The molecule has 1 aromatic heterocycles. The number of carbonyl (C=O) groups is 1. The molecule has 0 spiro atoms. The van der Waals surface area contributed by atoms with Crippen LogP contribution < -0.4 is 15.4 Å². The molecule has 4 rings (SSSR count). The fraction of sp³-hybridized carbons (Fsp3) is 0.222. The van der Waals surface area contributed by atoms with E-state index in [4.69, 9.17) is 21.4 Å². The monoisotopic (exact) mass is 473 g/mol. The first kappa shape index (κ1) is 23.4. The van der Waals surface area contributed by atoms with Crippen LogP contribution in [-0.2, 0) is 4.79 Å². The summed E-state index contributed by atoms with van der Waals surface area (Å²) in [6.45, 7) is 8.25. The number of carbonyl (C=O) groups excluding carboxylic acids is 1. The Morgan fingerprint density at radius 3 is 2.50 bits per heavy atom. The molecule has 0 aliphatic heterocycles. The number of benzene rings is 3. The van der Waals surface area contributed by atoms with Crippen molar-refractivity contribution >= 4 is 40.0 Å². The maximum Gasteiger partial charge on any atom is 0.264 e. The third kappa shape index (κ3) is 5.61. The van der Waals surface area contributed by atoms with E-state index >= 15 is 0 Å². The Morgan fingerprint density at radius 2 is 1.79 bits per heavy atom. The Hall–Kier alpha value is -3.71. The molecule has 1 heterocycles. The van der Waals surface area contributed by atoms with E-state index in [1.54, 1.807) is 0 Å². The van der Waals surface area contributed by atoms with Gasteiger partial charge >= 0.3 is 0 Å². The number of aryl methyl sites for hydroxylation is 2. The molecule has 1 amide bonds. The molecule has 0 saturated carbocycles. The number of hydrogen-bond donors (Lipinski definition) is 2. The normalized spacial score (nSPS) is 11.0. The van der Waals surface area contributed by atoms with Gasteiger partial charge in [-0.05, 0) is 91.1 Å². The molecule has 0 aliphatic rings. The Bertz CT molecular complexity index is 1340. The first-order valence-electron chi connectivity index (χ1n) is 11.1. The fourth-order valence-corrected chi connectivity index (χ4v) is 3.66. The van der Waals surface area contributed by atoms with Crippen molar-refractivity contribution in [1.29, 1.82) is 0 Å². The fourth-order valence-electron chi connectivity index (χ4n) is 3.43. The molecule has 0 radical (unpaired) electrons. The number of hydrogen-bond acceptors (Lipinski definition) is 5. The van der Waals surface area contributed by atoms with Crippen molar-refractivity contribution in [3.05, 3.63) is 77.4 Å². The Labute approximate surface area is 204 Å². The first-order valence-corrected chi connectivity index (χ1v) is 11.5. The van der Waals surface area contributed by atoms with Crippen LogP contribution in [0.15, 0.2) is 65.1 Å². The van der Waals surface area contributed by atoms with Gasteiger partial charge in [0.15, 0.2) is 17.3 Å². The van der Waals surface area contributed by atoms with E-state index in [1.165, 1.54) is 16.7 Å². The van der Waals surface area contributed by atoms with Crippen LogP contribution in [0.25, 0.3) is 22.6 Å². The number of ether oxygens (including phenoxy) is 1. The van der Waals surface area contributed by atoms with Gasteiger partial charge in [-0.15, -0.1) is 0 Å². The lowest BCUT2D eigenvalue weighted by molar-refractivity contribution is -0.121. The zero-order chi connectivity index (χ0) is 24.2. The zero-order valence-corrected chi connectivity index (χ0v) is 20.5. The number of rotatable bonds is 6. The quantitative estimate of drug-likeness (QED) is 0.328. The zero-order valence-electron chi connectivity index (χ0n) is 19.6. The Kier molecular flexibility index (Phi) is 6.93. The second kappa shape index (κ2) is 10.1. The number of amides is 1. The van der Waals surface area contributed by atoms with E-state index in [0.29, 0.717) is 34.3 Å². The van der Waals surface area contributed by atoms with Crippen molar-refractivity contribution in [2.45, 2.75) is 33.6 Å². The topological polar surface area (TPSA) is 76.4 Å². The second-order valence-electron chi connectivity index (χ2n) is 8.52. The summed E-state index contributed by atoms with van der Waals surface area (Å²) in [5.74, 6) is 1.29. The van der Waals surface area contributed by atoms with E-state index in [-0.39, 0.29) is 17.6 Å². The van der Waals surface area contributed by atoms with Crippen LogP contribution >= 0.6 is 12.2 Å². The molecule has 2 N–H and O–H groups in total. The van der Waals surface area contributed by atoms with Crippen LogP contribution in [0, 0.1) is 13.8 Å². The van der Waals surface area contributed by atoms with Gasteiger partial charge in [0.1, 0.15) is 11.3 Å². The predicted octanol–water partition coefficient (Wildman–Crippen LogP) is 6.13. The Balaban J connectivity index is 1.34. The average molecular weight is 474 g/mol. The van der Waals surface area contributed by atoms with Crippen molar-refractivity contribution in [2.24, 2.45) is 0 Å². The van der Waals surface area contributed by atoms with Gasteiger partial charge in [-0.2, -0.15) is 0 Å². The summed E-state index contributed by atoms with van der Waals surface area (Å²) in [5, 5.41) is 5.82. The highest BCUT2D eigenvalue weighted by Crippen LogP contribution is 2.27. The van der Waals surface area contributed by atoms with Gasteiger partial charge in [0.05, 0.1) is 0 Å². The molecular weight excluding hydrogens is 446 g/mol. The molecule has 6 nitrogen and oxygen atoms in total. The van der Waals surface area contributed by atoms with Crippen LogP contribution in [0.1, 0.15) is 36.5 Å². The lowest BCUT2D eigenvalue weighted by atomic mass is 10.0. The third-order valence-corrected chi connectivity index (χ3v) is 5.77. The molecular formula is C27H27N3O3S. The summed E-state index contributed by atoms with van der Waals surface area (Å²) in [5.41, 5.74) is 6.60. The predicted molar refractivity (Wildman–Crippen MR) is 139 cm³/mol. The summed E-state index contributed by atoms with van der Waals surface area (Å²) in [6, 6.07) is 19.3. The van der Waals surface area contributed by atoms with Crippen molar-refractivity contribution in [3.8, 4) is 17.2 Å². The molecule has 0 bridgehead atoms. The van der Waals surface area contributed by atoms with Crippen molar-refractivity contribution in [1.82, 2.24) is 10.3 Å². The number of aromatic nitrogens is 1. The number of nitrogens with one attached hydrogen (secondary N) is 2. The van der Waals surface area contributed by atoms with Crippen molar-refractivity contribution in [3.63, 3.8) is 0 Å². The Morgan fingerprint density at radius 1 is 1.03 bits per heavy atom. The van der Waals surface area contributed by atoms with Crippen LogP contribution in [0.2, 0.25) is 0 Å². The van der Waals surface area contributed by atoms with E-state index < -0.39 is 0 Å². The van der Waals surface area contributed by atoms with Gasteiger partial charge in [0.25, 0.3) is 5.91 Å². The number of anilines is 1. The largest absolute Gasteiger partial charge is 0.484 e. The van der Waals surface area contributed by atoms with Gasteiger partial charge in [0.2, 0.25) is 5.89 Å². The van der Waals surface area contributed by atoms with Gasteiger partial charge in [-0.1, -0.05) is 32.0 Å². The highest BCUT2D eigenvalue weighted by Gasteiger charge is 2.11. The standard InChI is InChI=1S/C27H27N3O3S/c1-16(2)19-7-10-22(11-8-19)32-15-25(31)30-27(34)28-21-9-12-24-23(14-21)29-26(33-24)20-6-5-17(3)18(4)13-20/h5-14,16H,15H2,1-4H3,(H2,28,30,31,34). The molecule has 3 aromatic carbocycles. The second-order valence-corrected chi connectivity index (χ2v) is 8.92. The van der Waals surface area contributed by atoms with Gasteiger partial charge < -0.3 is 14.5 Å². The minimum atomic E-state index is -0.343. The highest BCUT2D eigenvalue weighted by molar-refractivity contribution is 7.80. The maximum absolute atomic E-state index is 12.2. The van der Waals surface area contributed by atoms with Crippen molar-refractivity contribution in [2.75, 3.05) is 11.9 Å². The smallest absolute Gasteiger partial charge is 0.264 e. The molecule has 0 atom stereocenters. The van der Waals surface area contributed by atoms with Gasteiger partial charge in [-0.3, -0.25) is 10.1 Å². The number of fused-ring (bicyclic) bond motifs is 1. The van der Waals surface area contributed by atoms with E-state index in [2.05, 4.69) is 55.4 Å². The molecule has 34 heavy (non-hydrogen) atoms. The molecule has 4 aromatic rings. The highest BCUT2D eigenvalue weighted by atomic mass is 32.1.